The van der Waals surface area contributed by atoms with E-state index in [1.165, 1.54) is 0 Å². The van der Waals surface area contributed by atoms with Gasteiger partial charge in [0.05, 0.1) is 12.8 Å². The van der Waals surface area contributed by atoms with Gasteiger partial charge >= 0.3 is 0 Å². The third-order valence-corrected chi connectivity index (χ3v) is 2.79. The van der Waals surface area contributed by atoms with E-state index in [-0.39, 0.29) is 5.71 Å². The Morgan fingerprint density at radius 1 is 1.10 bits per heavy atom. The maximum atomic E-state index is 8.66. The number of anilines is 1. The quantitative estimate of drug-likeness (QED) is 0.687. The molecule has 0 spiro atoms. The summed E-state index contributed by atoms with van der Waals surface area (Å²) in [5.41, 5.74) is 5.03. The molecule has 0 heterocycles. The number of benzene rings is 2. The minimum atomic E-state index is -0.230. The molecule has 0 atom stereocenters. The SMILES string of the molecule is COc1ccc(NN=C(C#N)C#N)cc1-c1ccccc1. The van der Waals surface area contributed by atoms with Gasteiger partial charge in [-0.3, -0.25) is 5.43 Å². The lowest BCUT2D eigenvalue weighted by Crippen LogP contribution is -1.97. The highest BCUT2D eigenvalue weighted by molar-refractivity contribution is 6.10. The topological polar surface area (TPSA) is 81.2 Å². The number of ether oxygens (including phenoxy) is 1. The van der Waals surface area contributed by atoms with Crippen LogP contribution in [-0.4, -0.2) is 12.8 Å². The van der Waals surface area contributed by atoms with Crippen molar-refractivity contribution in [1.29, 1.82) is 10.5 Å². The molecule has 0 saturated carbocycles. The van der Waals surface area contributed by atoms with Crippen LogP contribution < -0.4 is 10.2 Å². The van der Waals surface area contributed by atoms with Crippen LogP contribution in [0.4, 0.5) is 5.69 Å². The summed E-state index contributed by atoms with van der Waals surface area (Å²) >= 11 is 0. The molecule has 1 N–H and O–H groups in total. The molecule has 0 saturated heterocycles. The Balaban J connectivity index is 2.38. The smallest absolute Gasteiger partial charge is 0.237 e. The van der Waals surface area contributed by atoms with Crippen LogP contribution in [0.25, 0.3) is 11.1 Å². The van der Waals surface area contributed by atoms with Gasteiger partial charge in [0.2, 0.25) is 5.71 Å². The van der Waals surface area contributed by atoms with Gasteiger partial charge in [-0.2, -0.15) is 15.6 Å². The van der Waals surface area contributed by atoms with Crippen LogP contribution in [0.5, 0.6) is 5.75 Å². The van der Waals surface area contributed by atoms with Gasteiger partial charge in [0.25, 0.3) is 0 Å². The molecule has 0 bridgehead atoms. The van der Waals surface area contributed by atoms with E-state index in [4.69, 9.17) is 15.3 Å². The van der Waals surface area contributed by atoms with Crippen molar-refractivity contribution in [2.75, 3.05) is 12.5 Å². The monoisotopic (exact) mass is 276 g/mol. The summed E-state index contributed by atoms with van der Waals surface area (Å²) in [6.45, 7) is 0. The van der Waals surface area contributed by atoms with Gasteiger partial charge in [-0.25, -0.2) is 0 Å². The normalized spacial score (nSPS) is 9.10. The second-order valence-corrected chi connectivity index (χ2v) is 4.08. The average molecular weight is 276 g/mol. The fraction of sp³-hybridized carbons (Fsp3) is 0.0625. The van der Waals surface area contributed by atoms with Crippen LogP contribution in [-0.2, 0) is 0 Å². The van der Waals surface area contributed by atoms with Crippen LogP contribution in [0, 0.1) is 22.7 Å². The molecular weight excluding hydrogens is 264 g/mol. The molecule has 0 unspecified atom stereocenters. The minimum absolute atomic E-state index is 0.230. The van der Waals surface area contributed by atoms with Crippen molar-refractivity contribution in [2.24, 2.45) is 5.10 Å². The van der Waals surface area contributed by atoms with E-state index in [1.807, 2.05) is 36.4 Å². The van der Waals surface area contributed by atoms with Crippen molar-refractivity contribution in [1.82, 2.24) is 0 Å². The van der Waals surface area contributed by atoms with E-state index in [1.54, 1.807) is 31.4 Å². The first-order chi connectivity index (χ1) is 10.3. The molecule has 0 aliphatic rings. The van der Waals surface area contributed by atoms with Gasteiger partial charge in [0.15, 0.2) is 0 Å². The summed E-state index contributed by atoms with van der Waals surface area (Å²) in [6, 6.07) is 18.6. The van der Waals surface area contributed by atoms with Gasteiger partial charge in [0, 0.05) is 5.56 Å². The van der Waals surface area contributed by atoms with E-state index in [2.05, 4.69) is 10.5 Å². The molecule has 5 nitrogen and oxygen atoms in total. The second-order valence-electron chi connectivity index (χ2n) is 4.08. The first-order valence-corrected chi connectivity index (χ1v) is 6.16. The van der Waals surface area contributed by atoms with E-state index < -0.39 is 0 Å². The molecule has 2 aromatic rings. The van der Waals surface area contributed by atoms with Crippen molar-refractivity contribution < 1.29 is 4.74 Å². The lowest BCUT2D eigenvalue weighted by molar-refractivity contribution is 0.416. The zero-order valence-electron chi connectivity index (χ0n) is 11.4. The zero-order chi connectivity index (χ0) is 15.1. The summed E-state index contributed by atoms with van der Waals surface area (Å²) in [7, 11) is 1.61. The molecule has 0 aromatic heterocycles. The van der Waals surface area contributed by atoms with Crippen LogP contribution in [0.15, 0.2) is 53.6 Å². The summed E-state index contributed by atoms with van der Waals surface area (Å²) in [5.74, 6) is 0.733. The fourth-order valence-electron chi connectivity index (χ4n) is 1.82. The largest absolute Gasteiger partial charge is 0.496 e. The van der Waals surface area contributed by atoms with Gasteiger partial charge in [-0.15, -0.1) is 0 Å². The Morgan fingerprint density at radius 2 is 1.81 bits per heavy atom. The molecule has 0 radical (unpaired) electrons. The van der Waals surface area contributed by atoms with E-state index >= 15 is 0 Å². The van der Waals surface area contributed by atoms with Crippen LogP contribution >= 0.6 is 0 Å². The third kappa shape index (κ3) is 3.37. The number of rotatable bonds is 4. The van der Waals surface area contributed by atoms with E-state index in [0.717, 1.165) is 16.9 Å². The number of nitrogens with one attached hydrogen (secondary N) is 1. The van der Waals surface area contributed by atoms with Crippen molar-refractivity contribution in [3.63, 3.8) is 0 Å². The molecular formula is C16H12N4O. The first kappa shape index (κ1) is 14.1. The molecule has 0 aliphatic carbocycles. The van der Waals surface area contributed by atoms with Gasteiger partial charge in [0.1, 0.15) is 17.9 Å². The molecule has 0 amide bonds. The molecule has 0 aliphatic heterocycles. The molecule has 102 valence electrons. The number of nitrogens with zero attached hydrogens (tertiary/aromatic N) is 3. The average Bonchev–Trinajstić information content (AvgIpc) is 2.56. The Morgan fingerprint density at radius 3 is 2.43 bits per heavy atom. The lowest BCUT2D eigenvalue weighted by Gasteiger charge is -2.10. The lowest BCUT2D eigenvalue weighted by atomic mass is 10.0. The van der Waals surface area contributed by atoms with E-state index in [0.29, 0.717) is 5.69 Å². The Hall–Kier alpha value is -3.31. The number of nitriles is 2. The maximum Gasteiger partial charge on any atom is 0.237 e. The first-order valence-electron chi connectivity index (χ1n) is 6.16. The van der Waals surface area contributed by atoms with Gasteiger partial charge in [-0.05, 0) is 23.8 Å². The van der Waals surface area contributed by atoms with Crippen LogP contribution in [0.1, 0.15) is 0 Å². The Kier molecular flexibility index (Phi) is 4.53. The highest BCUT2D eigenvalue weighted by Gasteiger charge is 2.06. The molecule has 0 fully saturated rings. The van der Waals surface area contributed by atoms with Crippen LogP contribution in [0.3, 0.4) is 0 Å². The van der Waals surface area contributed by atoms with Crippen molar-refractivity contribution in [3.8, 4) is 29.0 Å². The van der Waals surface area contributed by atoms with E-state index in [9.17, 15) is 0 Å². The summed E-state index contributed by atoms with van der Waals surface area (Å²) < 4.78 is 5.35. The molecule has 2 aromatic carbocycles. The minimum Gasteiger partial charge on any atom is -0.496 e. The molecule has 2 rings (SSSR count). The predicted octanol–water partition coefficient (Wildman–Crippen LogP) is 3.18. The summed E-state index contributed by atoms with van der Waals surface area (Å²) in [6.07, 6.45) is 0. The fourth-order valence-corrected chi connectivity index (χ4v) is 1.82. The Labute approximate surface area is 122 Å². The Bertz CT molecular complexity index is 723. The third-order valence-electron chi connectivity index (χ3n) is 2.79. The van der Waals surface area contributed by atoms with Gasteiger partial charge in [-0.1, -0.05) is 30.3 Å². The summed E-state index contributed by atoms with van der Waals surface area (Å²) in [4.78, 5) is 0. The maximum absolute atomic E-state index is 8.66. The second kappa shape index (κ2) is 6.74. The predicted molar refractivity (Wildman–Crippen MR) is 80.7 cm³/mol. The number of hydrazone groups is 1. The highest BCUT2D eigenvalue weighted by Crippen LogP contribution is 2.32. The molecule has 5 heteroatoms. The summed E-state index contributed by atoms with van der Waals surface area (Å²) in [5, 5.41) is 21.0. The highest BCUT2D eigenvalue weighted by atomic mass is 16.5. The van der Waals surface area contributed by atoms with Crippen molar-refractivity contribution >= 4 is 11.4 Å². The van der Waals surface area contributed by atoms with Crippen molar-refractivity contribution in [2.45, 2.75) is 0 Å². The zero-order valence-corrected chi connectivity index (χ0v) is 11.4. The van der Waals surface area contributed by atoms with Gasteiger partial charge < -0.3 is 4.74 Å². The molecule has 21 heavy (non-hydrogen) atoms. The van der Waals surface area contributed by atoms with Crippen molar-refractivity contribution in [3.05, 3.63) is 48.5 Å². The van der Waals surface area contributed by atoms with Crippen LogP contribution in [0.2, 0.25) is 0 Å². The number of hydrogen-bond acceptors (Lipinski definition) is 5. The standard InChI is InChI=1S/C16H12N4O/c1-21-16-8-7-13(19-20-14(10-17)11-18)9-15(16)12-5-3-2-4-6-12/h2-9,19H,1H3. The number of methoxy groups -OCH3 is 1. The number of hydrogen-bond donors (Lipinski definition) is 1.